The zero-order chi connectivity index (χ0) is 9.52. The molecule has 0 aromatic heterocycles. The molecule has 1 aliphatic heterocycles. The van der Waals surface area contributed by atoms with E-state index in [1.54, 1.807) is 0 Å². The summed E-state index contributed by atoms with van der Waals surface area (Å²) < 4.78 is 5.32. The second-order valence-corrected chi connectivity index (χ2v) is 3.72. The monoisotopic (exact) mass is 186 g/mol. The second kappa shape index (κ2) is 6.35. The molecule has 0 atom stereocenters. The largest absolute Gasteiger partial charge is 0.380 e. The predicted molar refractivity (Wildman–Crippen MR) is 54.7 cm³/mol. The van der Waals surface area contributed by atoms with Crippen molar-refractivity contribution in [3.8, 4) is 0 Å². The Labute approximate surface area is 81.2 Å². The highest BCUT2D eigenvalue weighted by molar-refractivity contribution is 4.72. The van der Waals surface area contributed by atoms with E-state index < -0.39 is 0 Å². The van der Waals surface area contributed by atoms with E-state index in [9.17, 15) is 0 Å². The van der Waals surface area contributed by atoms with Gasteiger partial charge in [0.1, 0.15) is 0 Å². The van der Waals surface area contributed by atoms with Crippen LogP contribution in [0.3, 0.4) is 0 Å². The molecule has 13 heavy (non-hydrogen) atoms. The van der Waals surface area contributed by atoms with Gasteiger partial charge in [0, 0.05) is 13.2 Å². The molecule has 0 amide bonds. The number of likely N-dealkylation sites (tertiary alicyclic amines) is 1. The minimum Gasteiger partial charge on any atom is -0.380 e. The number of nitrogens with zero attached hydrogens (tertiary/aromatic N) is 1. The molecular formula is C10H22N2O. The maximum Gasteiger partial charge on any atom is 0.0593 e. The summed E-state index contributed by atoms with van der Waals surface area (Å²) in [4.78, 5) is 2.47. The van der Waals surface area contributed by atoms with Crippen LogP contribution in [0.1, 0.15) is 19.8 Å². The molecule has 0 aliphatic carbocycles. The van der Waals surface area contributed by atoms with Gasteiger partial charge in [-0.15, -0.1) is 0 Å². The quantitative estimate of drug-likeness (QED) is 0.642. The number of ether oxygens (including phenoxy) is 1. The Kier molecular flexibility index (Phi) is 5.35. The van der Waals surface area contributed by atoms with Crippen molar-refractivity contribution in [3.63, 3.8) is 0 Å². The highest BCUT2D eigenvalue weighted by Gasteiger charge is 2.16. The first kappa shape index (κ1) is 11.0. The fourth-order valence-electron chi connectivity index (χ4n) is 1.78. The molecule has 3 heteroatoms. The van der Waals surface area contributed by atoms with Gasteiger partial charge < -0.3 is 15.4 Å². The van der Waals surface area contributed by atoms with Crippen molar-refractivity contribution < 1.29 is 4.74 Å². The molecule has 0 bridgehead atoms. The molecule has 0 unspecified atom stereocenters. The van der Waals surface area contributed by atoms with Crippen molar-refractivity contribution in [1.29, 1.82) is 0 Å². The summed E-state index contributed by atoms with van der Waals surface area (Å²) in [7, 11) is 0. The number of nitrogens with two attached hydrogens (primary N) is 1. The summed E-state index contributed by atoms with van der Waals surface area (Å²) in [5, 5.41) is 0. The summed E-state index contributed by atoms with van der Waals surface area (Å²) in [6.45, 7) is 8.11. The molecule has 0 aromatic rings. The van der Waals surface area contributed by atoms with Crippen LogP contribution in [0, 0.1) is 5.92 Å². The average molecular weight is 186 g/mol. The van der Waals surface area contributed by atoms with E-state index in [2.05, 4.69) is 4.90 Å². The standard InChI is InChI=1S/C10H22N2O/c1-2-13-8-7-12-5-3-10(9-11)4-6-12/h10H,2-9,11H2,1H3. The number of hydrogen-bond acceptors (Lipinski definition) is 3. The Morgan fingerprint density at radius 1 is 1.38 bits per heavy atom. The van der Waals surface area contributed by atoms with Crippen LogP contribution in [0.15, 0.2) is 0 Å². The lowest BCUT2D eigenvalue weighted by molar-refractivity contribution is 0.0966. The number of piperidine rings is 1. The molecule has 0 saturated carbocycles. The van der Waals surface area contributed by atoms with Crippen molar-refractivity contribution >= 4 is 0 Å². The van der Waals surface area contributed by atoms with E-state index in [0.29, 0.717) is 0 Å². The Balaban J connectivity index is 2.03. The van der Waals surface area contributed by atoms with Crippen LogP contribution in [0.5, 0.6) is 0 Å². The first-order valence-corrected chi connectivity index (χ1v) is 5.37. The second-order valence-electron chi connectivity index (χ2n) is 3.72. The Hall–Kier alpha value is -0.120. The third-order valence-electron chi connectivity index (χ3n) is 2.80. The number of rotatable bonds is 5. The van der Waals surface area contributed by atoms with E-state index in [1.807, 2.05) is 6.92 Å². The van der Waals surface area contributed by atoms with Gasteiger partial charge in [0.2, 0.25) is 0 Å². The van der Waals surface area contributed by atoms with E-state index in [-0.39, 0.29) is 0 Å². The summed E-state index contributed by atoms with van der Waals surface area (Å²) in [5.41, 5.74) is 5.63. The van der Waals surface area contributed by atoms with Crippen LogP contribution in [0.25, 0.3) is 0 Å². The molecule has 0 spiro atoms. The van der Waals surface area contributed by atoms with Gasteiger partial charge in [-0.1, -0.05) is 0 Å². The van der Waals surface area contributed by atoms with Gasteiger partial charge in [0.05, 0.1) is 6.61 Å². The maximum atomic E-state index is 5.63. The van der Waals surface area contributed by atoms with Crippen molar-refractivity contribution in [2.24, 2.45) is 11.7 Å². The lowest BCUT2D eigenvalue weighted by Gasteiger charge is -2.31. The minimum absolute atomic E-state index is 0.767. The third kappa shape index (κ3) is 4.07. The van der Waals surface area contributed by atoms with Crippen LogP contribution in [-0.2, 0) is 4.74 Å². The molecule has 1 fully saturated rings. The van der Waals surface area contributed by atoms with Gasteiger partial charge >= 0.3 is 0 Å². The summed E-state index contributed by atoms with van der Waals surface area (Å²) >= 11 is 0. The zero-order valence-electron chi connectivity index (χ0n) is 8.67. The van der Waals surface area contributed by atoms with Crippen LogP contribution in [-0.4, -0.2) is 44.3 Å². The van der Waals surface area contributed by atoms with Gasteiger partial charge in [-0.2, -0.15) is 0 Å². The predicted octanol–water partition coefficient (Wildman–Crippen LogP) is 0.694. The molecule has 78 valence electrons. The fraction of sp³-hybridized carbons (Fsp3) is 1.00. The fourth-order valence-corrected chi connectivity index (χ4v) is 1.78. The molecule has 1 saturated heterocycles. The summed E-state index contributed by atoms with van der Waals surface area (Å²) in [6, 6.07) is 0. The van der Waals surface area contributed by atoms with Crippen molar-refractivity contribution in [2.45, 2.75) is 19.8 Å². The lowest BCUT2D eigenvalue weighted by atomic mass is 9.97. The molecular weight excluding hydrogens is 164 g/mol. The minimum atomic E-state index is 0.767. The van der Waals surface area contributed by atoms with Crippen LogP contribution in [0.4, 0.5) is 0 Å². The van der Waals surface area contributed by atoms with Gasteiger partial charge in [0.25, 0.3) is 0 Å². The Bertz CT molecular complexity index is 119. The smallest absolute Gasteiger partial charge is 0.0593 e. The summed E-state index contributed by atoms with van der Waals surface area (Å²) in [5.74, 6) is 0.767. The van der Waals surface area contributed by atoms with Gasteiger partial charge in [-0.3, -0.25) is 0 Å². The van der Waals surface area contributed by atoms with Crippen LogP contribution < -0.4 is 5.73 Å². The van der Waals surface area contributed by atoms with Gasteiger partial charge in [-0.05, 0) is 45.3 Å². The van der Waals surface area contributed by atoms with Crippen molar-refractivity contribution in [3.05, 3.63) is 0 Å². The topological polar surface area (TPSA) is 38.5 Å². The van der Waals surface area contributed by atoms with Crippen LogP contribution >= 0.6 is 0 Å². The Morgan fingerprint density at radius 2 is 2.08 bits per heavy atom. The molecule has 3 nitrogen and oxygen atoms in total. The van der Waals surface area contributed by atoms with E-state index >= 15 is 0 Å². The Morgan fingerprint density at radius 3 is 2.62 bits per heavy atom. The SMILES string of the molecule is CCOCCN1CCC(CN)CC1. The lowest BCUT2D eigenvalue weighted by Crippen LogP contribution is -2.37. The molecule has 0 radical (unpaired) electrons. The first-order valence-electron chi connectivity index (χ1n) is 5.37. The highest BCUT2D eigenvalue weighted by Crippen LogP contribution is 2.14. The van der Waals surface area contributed by atoms with E-state index in [4.69, 9.17) is 10.5 Å². The average Bonchev–Trinajstić information content (AvgIpc) is 2.19. The molecule has 1 heterocycles. The molecule has 0 aromatic carbocycles. The number of hydrogen-bond donors (Lipinski definition) is 1. The summed E-state index contributed by atoms with van der Waals surface area (Å²) in [6.07, 6.45) is 2.53. The van der Waals surface area contributed by atoms with Crippen LogP contribution in [0.2, 0.25) is 0 Å². The van der Waals surface area contributed by atoms with E-state index in [0.717, 1.165) is 32.2 Å². The van der Waals surface area contributed by atoms with E-state index in [1.165, 1.54) is 25.9 Å². The zero-order valence-corrected chi connectivity index (χ0v) is 8.67. The highest BCUT2D eigenvalue weighted by atomic mass is 16.5. The van der Waals surface area contributed by atoms with Gasteiger partial charge in [-0.25, -0.2) is 0 Å². The first-order chi connectivity index (χ1) is 6.36. The van der Waals surface area contributed by atoms with Gasteiger partial charge in [0.15, 0.2) is 0 Å². The van der Waals surface area contributed by atoms with Crippen molar-refractivity contribution in [1.82, 2.24) is 4.90 Å². The maximum absolute atomic E-state index is 5.63. The van der Waals surface area contributed by atoms with Crippen molar-refractivity contribution in [2.75, 3.05) is 39.4 Å². The molecule has 1 rings (SSSR count). The third-order valence-corrected chi connectivity index (χ3v) is 2.80. The normalized spacial score (nSPS) is 20.8. The molecule has 1 aliphatic rings. The molecule has 2 N–H and O–H groups in total.